The van der Waals surface area contributed by atoms with Crippen molar-refractivity contribution in [1.82, 2.24) is 5.32 Å². The van der Waals surface area contributed by atoms with Crippen LogP contribution < -0.4 is 5.32 Å². The molecule has 0 bridgehead atoms. The maximum absolute atomic E-state index is 6.18. The van der Waals surface area contributed by atoms with Gasteiger partial charge >= 0.3 is 0 Å². The molecule has 1 aromatic carbocycles. The number of rotatable bonds is 9. The molecule has 18 heavy (non-hydrogen) atoms. The quantitative estimate of drug-likeness (QED) is 0.642. The maximum Gasteiger partial charge on any atom is 0.0541 e. The van der Waals surface area contributed by atoms with E-state index in [4.69, 9.17) is 11.6 Å². The fraction of sp³-hybridized carbons (Fsp3) is 0.600. The minimum atomic E-state index is 0.603. The van der Waals surface area contributed by atoms with Crippen LogP contribution in [0.1, 0.15) is 39.5 Å². The largest absolute Gasteiger partial charge is 0.313 e. The van der Waals surface area contributed by atoms with Crippen molar-refractivity contribution >= 4 is 23.4 Å². The number of hydrogen-bond acceptors (Lipinski definition) is 2. The van der Waals surface area contributed by atoms with Crippen LogP contribution >= 0.6 is 23.4 Å². The molecule has 1 aromatic rings. The van der Waals surface area contributed by atoms with Gasteiger partial charge in [0.2, 0.25) is 0 Å². The number of benzene rings is 1. The molecule has 1 rings (SSSR count). The summed E-state index contributed by atoms with van der Waals surface area (Å²) in [4.78, 5) is 1.19. The van der Waals surface area contributed by atoms with Gasteiger partial charge in [0.25, 0.3) is 0 Å². The van der Waals surface area contributed by atoms with Gasteiger partial charge in [-0.05, 0) is 31.5 Å². The van der Waals surface area contributed by atoms with Gasteiger partial charge in [-0.2, -0.15) is 0 Å². The van der Waals surface area contributed by atoms with Gasteiger partial charge in [0, 0.05) is 16.7 Å². The lowest BCUT2D eigenvalue weighted by molar-refractivity contribution is 0.501. The molecule has 1 nitrogen and oxygen atoms in total. The van der Waals surface area contributed by atoms with E-state index >= 15 is 0 Å². The van der Waals surface area contributed by atoms with Crippen LogP contribution in [-0.4, -0.2) is 18.3 Å². The van der Waals surface area contributed by atoms with Crippen molar-refractivity contribution in [3.63, 3.8) is 0 Å². The lowest BCUT2D eigenvalue weighted by Gasteiger charge is -2.18. The van der Waals surface area contributed by atoms with Crippen LogP contribution in [0.3, 0.4) is 0 Å². The van der Waals surface area contributed by atoms with Gasteiger partial charge < -0.3 is 5.32 Å². The van der Waals surface area contributed by atoms with E-state index < -0.39 is 0 Å². The fourth-order valence-corrected chi connectivity index (χ4v) is 3.14. The topological polar surface area (TPSA) is 12.0 Å². The van der Waals surface area contributed by atoms with Gasteiger partial charge in [0.05, 0.1) is 5.02 Å². The Bertz CT molecular complexity index is 322. The average molecular weight is 286 g/mol. The summed E-state index contributed by atoms with van der Waals surface area (Å²) in [5.74, 6) is 1.10. The average Bonchev–Trinajstić information content (AvgIpc) is 2.39. The van der Waals surface area contributed by atoms with E-state index in [0.29, 0.717) is 6.04 Å². The van der Waals surface area contributed by atoms with E-state index in [9.17, 15) is 0 Å². The van der Waals surface area contributed by atoms with Crippen molar-refractivity contribution in [2.45, 2.75) is 50.5 Å². The van der Waals surface area contributed by atoms with Crippen LogP contribution in [0.25, 0.3) is 0 Å². The van der Waals surface area contributed by atoms with E-state index in [1.165, 1.54) is 30.6 Å². The molecular formula is C15H24ClNS. The second kappa shape index (κ2) is 9.71. The predicted octanol–water partition coefficient (Wildman–Crippen LogP) is 4.99. The van der Waals surface area contributed by atoms with Crippen LogP contribution in [0.2, 0.25) is 5.02 Å². The molecule has 1 atom stereocenters. The van der Waals surface area contributed by atoms with Crippen molar-refractivity contribution < 1.29 is 0 Å². The van der Waals surface area contributed by atoms with Crippen LogP contribution in [0.4, 0.5) is 0 Å². The molecule has 0 saturated heterocycles. The van der Waals surface area contributed by atoms with E-state index in [1.807, 2.05) is 23.9 Å². The first-order valence-electron chi connectivity index (χ1n) is 6.88. The Kier molecular flexibility index (Phi) is 8.57. The molecule has 3 heteroatoms. The van der Waals surface area contributed by atoms with Crippen molar-refractivity contribution in [2.75, 3.05) is 12.3 Å². The summed E-state index contributed by atoms with van der Waals surface area (Å²) in [7, 11) is 0. The highest BCUT2D eigenvalue weighted by Crippen LogP contribution is 2.27. The van der Waals surface area contributed by atoms with Crippen LogP contribution in [-0.2, 0) is 0 Å². The SMILES string of the molecule is CCCCC(CSc1ccccc1Cl)NCCC. The zero-order valence-electron chi connectivity index (χ0n) is 11.4. The monoisotopic (exact) mass is 285 g/mol. The number of hydrogen-bond donors (Lipinski definition) is 1. The molecule has 0 heterocycles. The van der Waals surface area contributed by atoms with Gasteiger partial charge in [-0.3, -0.25) is 0 Å². The Morgan fingerprint density at radius 1 is 1.22 bits per heavy atom. The molecule has 0 aromatic heterocycles. The van der Waals surface area contributed by atoms with Crippen LogP contribution in [0.15, 0.2) is 29.2 Å². The summed E-state index contributed by atoms with van der Waals surface area (Å²) in [5, 5.41) is 4.50. The molecule has 0 amide bonds. The summed E-state index contributed by atoms with van der Waals surface area (Å²) in [6.45, 7) is 5.57. The van der Waals surface area contributed by atoms with Gasteiger partial charge in [0.1, 0.15) is 0 Å². The molecule has 0 spiro atoms. The highest BCUT2D eigenvalue weighted by Gasteiger charge is 2.09. The Morgan fingerprint density at radius 3 is 2.67 bits per heavy atom. The van der Waals surface area contributed by atoms with Crippen LogP contribution in [0.5, 0.6) is 0 Å². The number of thioether (sulfide) groups is 1. The van der Waals surface area contributed by atoms with E-state index in [2.05, 4.69) is 31.3 Å². The molecule has 0 aliphatic heterocycles. The number of nitrogens with one attached hydrogen (secondary N) is 1. The second-order valence-electron chi connectivity index (χ2n) is 4.53. The molecule has 102 valence electrons. The molecule has 0 aliphatic rings. The molecule has 1 N–H and O–H groups in total. The first kappa shape index (κ1) is 15.9. The minimum Gasteiger partial charge on any atom is -0.313 e. The second-order valence-corrected chi connectivity index (χ2v) is 6.00. The normalized spacial score (nSPS) is 12.6. The maximum atomic E-state index is 6.18. The summed E-state index contributed by atoms with van der Waals surface area (Å²) >= 11 is 8.04. The zero-order valence-corrected chi connectivity index (χ0v) is 13.0. The van der Waals surface area contributed by atoms with E-state index in [0.717, 1.165) is 17.3 Å². The van der Waals surface area contributed by atoms with Gasteiger partial charge in [0.15, 0.2) is 0 Å². The molecule has 0 fully saturated rings. The minimum absolute atomic E-state index is 0.603. The van der Waals surface area contributed by atoms with Crippen molar-refractivity contribution in [3.05, 3.63) is 29.3 Å². The fourth-order valence-electron chi connectivity index (χ4n) is 1.80. The molecule has 0 radical (unpaired) electrons. The van der Waals surface area contributed by atoms with Gasteiger partial charge in [-0.15, -0.1) is 11.8 Å². The number of unbranched alkanes of at least 4 members (excludes halogenated alkanes) is 1. The van der Waals surface area contributed by atoms with Gasteiger partial charge in [-0.1, -0.05) is 50.4 Å². The molecule has 1 unspecified atom stereocenters. The summed E-state index contributed by atoms with van der Waals surface area (Å²) in [5.41, 5.74) is 0. The first-order valence-corrected chi connectivity index (χ1v) is 8.25. The van der Waals surface area contributed by atoms with E-state index in [-0.39, 0.29) is 0 Å². The van der Waals surface area contributed by atoms with Crippen molar-refractivity contribution in [1.29, 1.82) is 0 Å². The highest BCUT2D eigenvalue weighted by molar-refractivity contribution is 7.99. The third-order valence-corrected chi connectivity index (χ3v) is 4.54. The summed E-state index contributed by atoms with van der Waals surface area (Å²) in [6, 6.07) is 8.70. The Hall–Kier alpha value is -0.180. The third-order valence-electron chi connectivity index (χ3n) is 2.87. The lowest BCUT2D eigenvalue weighted by atomic mass is 10.1. The molecular weight excluding hydrogens is 262 g/mol. The molecule has 0 aliphatic carbocycles. The first-order chi connectivity index (χ1) is 8.77. The third kappa shape index (κ3) is 6.12. The number of halogens is 1. The van der Waals surface area contributed by atoms with Gasteiger partial charge in [-0.25, -0.2) is 0 Å². The Labute approximate surface area is 121 Å². The molecule has 0 saturated carbocycles. The predicted molar refractivity (Wildman–Crippen MR) is 83.8 cm³/mol. The smallest absolute Gasteiger partial charge is 0.0541 e. The summed E-state index contributed by atoms with van der Waals surface area (Å²) in [6.07, 6.45) is 5.01. The Balaban J connectivity index is 2.42. The van der Waals surface area contributed by atoms with Crippen molar-refractivity contribution in [3.8, 4) is 0 Å². The van der Waals surface area contributed by atoms with Crippen LogP contribution in [0, 0.1) is 0 Å². The Morgan fingerprint density at radius 2 is 2.00 bits per heavy atom. The van der Waals surface area contributed by atoms with E-state index in [1.54, 1.807) is 0 Å². The standard InChI is InChI=1S/C15H24ClNS/c1-3-5-8-13(17-11-4-2)12-18-15-10-7-6-9-14(15)16/h6-7,9-10,13,17H,3-5,8,11-12H2,1-2H3. The van der Waals surface area contributed by atoms with Crippen molar-refractivity contribution in [2.24, 2.45) is 0 Å². The highest BCUT2D eigenvalue weighted by atomic mass is 35.5. The zero-order chi connectivity index (χ0) is 13.2. The lowest BCUT2D eigenvalue weighted by Crippen LogP contribution is -2.31. The summed E-state index contributed by atoms with van der Waals surface area (Å²) < 4.78 is 0.